The van der Waals surface area contributed by atoms with E-state index in [0.29, 0.717) is 8.95 Å². The first-order valence-corrected chi connectivity index (χ1v) is 7.40. The number of hydrogen-bond acceptors (Lipinski definition) is 2. The highest BCUT2D eigenvalue weighted by atomic mass is 79.9. The van der Waals surface area contributed by atoms with Gasteiger partial charge in [0.1, 0.15) is 11.6 Å². The Bertz CT molecular complexity index is 579. The van der Waals surface area contributed by atoms with Gasteiger partial charge in [0.05, 0.1) is 12.1 Å². The molecule has 0 heterocycles. The predicted octanol–water partition coefficient (Wildman–Crippen LogP) is 4.19. The van der Waals surface area contributed by atoms with Crippen LogP contribution in [0.25, 0.3) is 0 Å². The van der Waals surface area contributed by atoms with Crippen molar-refractivity contribution in [2.75, 3.05) is 0 Å². The zero-order valence-corrected chi connectivity index (χ0v) is 13.5. The Hall–Kier alpha value is -0.820. The van der Waals surface area contributed by atoms with Gasteiger partial charge < -0.3 is 11.5 Å². The molecule has 2 unspecified atom stereocenters. The van der Waals surface area contributed by atoms with E-state index in [1.54, 1.807) is 24.3 Å². The molecule has 0 radical (unpaired) electrons. The minimum atomic E-state index is -0.851. The maximum Gasteiger partial charge on any atom is 0.128 e. The number of rotatable bonds is 3. The molecule has 0 aromatic heterocycles. The maximum atomic E-state index is 13.8. The molecule has 2 atom stereocenters. The van der Waals surface area contributed by atoms with Gasteiger partial charge in [-0.15, -0.1) is 0 Å². The fourth-order valence-corrected chi connectivity index (χ4v) is 2.68. The second-order valence-electron chi connectivity index (χ2n) is 4.38. The summed E-state index contributed by atoms with van der Waals surface area (Å²) < 4.78 is 29.0. The fourth-order valence-electron chi connectivity index (χ4n) is 1.93. The molecule has 0 aliphatic carbocycles. The third-order valence-electron chi connectivity index (χ3n) is 3.02. The quantitative estimate of drug-likeness (QED) is 0.804. The van der Waals surface area contributed by atoms with Crippen molar-refractivity contribution in [1.29, 1.82) is 0 Å². The van der Waals surface area contributed by atoms with Gasteiger partial charge >= 0.3 is 0 Å². The fraction of sp³-hybridized carbons (Fsp3) is 0.143. The summed E-state index contributed by atoms with van der Waals surface area (Å²) in [5.74, 6) is -0.932. The Labute approximate surface area is 132 Å². The molecule has 0 fully saturated rings. The Morgan fingerprint density at radius 2 is 1.10 bits per heavy atom. The molecule has 106 valence electrons. The highest BCUT2D eigenvalue weighted by Crippen LogP contribution is 2.31. The van der Waals surface area contributed by atoms with Crippen molar-refractivity contribution in [3.8, 4) is 0 Å². The van der Waals surface area contributed by atoms with Gasteiger partial charge in [-0.2, -0.15) is 0 Å². The van der Waals surface area contributed by atoms with Crippen LogP contribution in [0.4, 0.5) is 8.78 Å². The van der Waals surface area contributed by atoms with Crippen molar-refractivity contribution in [1.82, 2.24) is 0 Å². The summed E-state index contributed by atoms with van der Waals surface area (Å²) in [7, 11) is 0. The third-order valence-corrected chi connectivity index (χ3v) is 4.01. The van der Waals surface area contributed by atoms with Crippen molar-refractivity contribution >= 4 is 31.9 Å². The Morgan fingerprint density at radius 1 is 0.750 bits per heavy atom. The number of nitrogens with two attached hydrogens (primary N) is 2. The lowest BCUT2D eigenvalue weighted by atomic mass is 9.94. The van der Waals surface area contributed by atoms with Gasteiger partial charge in [0.25, 0.3) is 0 Å². The van der Waals surface area contributed by atoms with Crippen molar-refractivity contribution in [2.24, 2.45) is 11.5 Å². The summed E-state index contributed by atoms with van der Waals surface area (Å²) in [6.45, 7) is 0. The van der Waals surface area contributed by atoms with Crippen molar-refractivity contribution in [2.45, 2.75) is 12.1 Å². The van der Waals surface area contributed by atoms with E-state index in [4.69, 9.17) is 11.5 Å². The molecule has 20 heavy (non-hydrogen) atoms. The Balaban J connectivity index is 2.39. The number of halogens is 4. The highest BCUT2D eigenvalue weighted by molar-refractivity contribution is 9.10. The van der Waals surface area contributed by atoms with Crippen LogP contribution in [0.1, 0.15) is 23.2 Å². The van der Waals surface area contributed by atoms with Gasteiger partial charge in [-0.05, 0) is 36.4 Å². The maximum absolute atomic E-state index is 13.8. The number of benzene rings is 2. The smallest absolute Gasteiger partial charge is 0.128 e. The normalized spacial score (nSPS) is 14.1. The van der Waals surface area contributed by atoms with Gasteiger partial charge in [0, 0.05) is 20.1 Å². The summed E-state index contributed by atoms with van der Waals surface area (Å²) in [6, 6.07) is 7.12. The van der Waals surface area contributed by atoms with Crippen LogP contribution in [-0.4, -0.2) is 0 Å². The molecular formula is C14H12Br2F2N2. The van der Waals surface area contributed by atoms with Crippen molar-refractivity contribution in [3.05, 3.63) is 68.1 Å². The van der Waals surface area contributed by atoms with Crippen LogP contribution in [-0.2, 0) is 0 Å². The SMILES string of the molecule is NC(c1cc(Br)ccc1F)C(N)c1cc(Br)ccc1F. The van der Waals surface area contributed by atoms with Gasteiger partial charge in [-0.3, -0.25) is 0 Å². The van der Waals surface area contributed by atoms with E-state index in [0.717, 1.165) is 0 Å². The summed E-state index contributed by atoms with van der Waals surface area (Å²) in [4.78, 5) is 0. The zero-order valence-electron chi connectivity index (χ0n) is 10.3. The molecule has 0 spiro atoms. The predicted molar refractivity (Wildman–Crippen MR) is 82.1 cm³/mol. The molecule has 0 aliphatic heterocycles. The van der Waals surface area contributed by atoms with Crippen LogP contribution >= 0.6 is 31.9 Å². The Kier molecular flexibility index (Phi) is 4.90. The molecule has 6 heteroatoms. The lowest BCUT2D eigenvalue weighted by molar-refractivity contribution is 0.502. The first-order valence-electron chi connectivity index (χ1n) is 5.81. The van der Waals surface area contributed by atoms with Crippen molar-refractivity contribution < 1.29 is 8.78 Å². The van der Waals surface area contributed by atoms with E-state index >= 15 is 0 Å². The van der Waals surface area contributed by atoms with Crippen LogP contribution in [0.15, 0.2) is 45.3 Å². The van der Waals surface area contributed by atoms with E-state index < -0.39 is 23.7 Å². The molecule has 2 rings (SSSR count). The molecule has 2 nitrogen and oxygen atoms in total. The summed E-state index contributed by atoms with van der Waals surface area (Å²) in [5.41, 5.74) is 12.5. The van der Waals surface area contributed by atoms with Crippen molar-refractivity contribution in [3.63, 3.8) is 0 Å². The average Bonchev–Trinajstić information content (AvgIpc) is 2.42. The highest BCUT2D eigenvalue weighted by Gasteiger charge is 2.23. The molecule has 4 N–H and O–H groups in total. The summed E-state index contributed by atoms with van der Waals surface area (Å²) >= 11 is 6.50. The molecule has 0 saturated heterocycles. The second-order valence-corrected chi connectivity index (χ2v) is 6.21. The molecule has 0 bridgehead atoms. The van der Waals surface area contributed by atoms with Gasteiger partial charge in [-0.25, -0.2) is 8.78 Å². The van der Waals surface area contributed by atoms with E-state index in [-0.39, 0.29) is 11.1 Å². The average molecular weight is 406 g/mol. The lowest BCUT2D eigenvalue weighted by Gasteiger charge is -2.22. The molecule has 0 amide bonds. The molecule has 2 aromatic carbocycles. The van der Waals surface area contributed by atoms with E-state index in [2.05, 4.69) is 31.9 Å². The minimum absolute atomic E-state index is 0.242. The Morgan fingerprint density at radius 3 is 1.45 bits per heavy atom. The number of hydrogen-bond donors (Lipinski definition) is 2. The zero-order chi connectivity index (χ0) is 14.9. The van der Waals surface area contributed by atoms with Crippen LogP contribution in [0.3, 0.4) is 0 Å². The van der Waals surface area contributed by atoms with E-state index in [1.807, 2.05) is 0 Å². The topological polar surface area (TPSA) is 52.0 Å². The standard InChI is InChI=1S/C14H12Br2F2N2/c15-7-1-3-11(17)9(5-7)13(19)14(20)10-6-8(16)2-4-12(10)18/h1-6,13-14H,19-20H2. The largest absolute Gasteiger partial charge is 0.322 e. The first-order chi connectivity index (χ1) is 9.40. The second kappa shape index (κ2) is 6.30. The molecule has 0 aliphatic rings. The molecule has 2 aromatic rings. The van der Waals surface area contributed by atoms with Gasteiger partial charge in [-0.1, -0.05) is 31.9 Å². The monoisotopic (exact) mass is 404 g/mol. The minimum Gasteiger partial charge on any atom is -0.322 e. The van der Waals surface area contributed by atoms with Crippen LogP contribution < -0.4 is 11.5 Å². The van der Waals surface area contributed by atoms with E-state index in [9.17, 15) is 8.78 Å². The summed E-state index contributed by atoms with van der Waals surface area (Å²) in [5, 5.41) is 0. The molecular weight excluding hydrogens is 394 g/mol. The van der Waals surface area contributed by atoms with Crippen LogP contribution in [0.2, 0.25) is 0 Å². The van der Waals surface area contributed by atoms with E-state index in [1.165, 1.54) is 12.1 Å². The van der Waals surface area contributed by atoms with Crippen LogP contribution in [0.5, 0.6) is 0 Å². The third kappa shape index (κ3) is 3.25. The van der Waals surface area contributed by atoms with Gasteiger partial charge in [0.2, 0.25) is 0 Å². The lowest BCUT2D eigenvalue weighted by Crippen LogP contribution is -2.28. The van der Waals surface area contributed by atoms with Gasteiger partial charge in [0.15, 0.2) is 0 Å². The molecule has 0 saturated carbocycles. The van der Waals surface area contributed by atoms with Crippen LogP contribution in [0, 0.1) is 11.6 Å². The first kappa shape index (κ1) is 15.6. The summed E-state index contributed by atoms with van der Waals surface area (Å²) in [6.07, 6.45) is 0.